The van der Waals surface area contributed by atoms with Crippen LogP contribution in [0.3, 0.4) is 0 Å². The molecule has 0 N–H and O–H groups in total. The van der Waals surface area contributed by atoms with E-state index < -0.39 is 0 Å². The van der Waals surface area contributed by atoms with Gasteiger partial charge in [0.15, 0.2) is 0 Å². The van der Waals surface area contributed by atoms with Crippen molar-refractivity contribution in [2.24, 2.45) is 0 Å². The van der Waals surface area contributed by atoms with Crippen LogP contribution in [0.25, 0.3) is 0 Å². The molecule has 1 heterocycles. The van der Waals surface area contributed by atoms with Crippen LogP contribution < -0.4 is 3.61 Å². The van der Waals surface area contributed by atoms with Crippen molar-refractivity contribution in [3.05, 3.63) is 65.7 Å². The molecule has 4 heteroatoms. The summed E-state index contributed by atoms with van der Waals surface area (Å²) in [5.41, 5.74) is 1.09. The third-order valence-corrected chi connectivity index (χ3v) is 6.80. The van der Waals surface area contributed by atoms with E-state index in [-0.39, 0.29) is 32.7 Å². The van der Waals surface area contributed by atoms with Crippen LogP contribution in [0.5, 0.6) is 0 Å². The fraction of sp³-hybridized carbons (Fsp3) is 0.222. The van der Waals surface area contributed by atoms with Gasteiger partial charge in [0.05, 0.1) is 0 Å². The monoisotopic (exact) mass is 409 g/mol. The van der Waals surface area contributed by atoms with E-state index in [1.54, 1.807) is 24.3 Å². The molecule has 2 aromatic rings. The minimum atomic E-state index is -0.139. The first-order valence-electron chi connectivity index (χ1n) is 7.40. The summed E-state index contributed by atoms with van der Waals surface area (Å²) in [4.78, 5) is 25.8. The van der Waals surface area contributed by atoms with E-state index >= 15 is 0 Å². The summed E-state index contributed by atoms with van der Waals surface area (Å²) in [6, 6.07) is 17.7. The number of amides is 2. The second-order valence-corrected chi connectivity index (χ2v) is 8.51. The van der Waals surface area contributed by atoms with Crippen molar-refractivity contribution in [1.82, 2.24) is 4.90 Å². The number of carbonyl (C=O) groups is 2. The minimum absolute atomic E-state index is 0.139. The quantitative estimate of drug-likeness (QED) is 0.420. The van der Waals surface area contributed by atoms with Gasteiger partial charge in [-0.25, -0.2) is 0 Å². The normalized spacial score (nSPS) is 13.5. The van der Waals surface area contributed by atoms with Gasteiger partial charge < -0.3 is 0 Å². The fourth-order valence-electron chi connectivity index (χ4n) is 2.52. The zero-order valence-electron chi connectivity index (χ0n) is 12.2. The standard InChI is InChI=1S/C18H17NO2Te/c20-17-15-10-4-5-11-16(15)18(21)19(17)12-6-7-13-22-14-8-2-1-3-9-14/h1-5,8-11H,6-7,12-13H2. The summed E-state index contributed by atoms with van der Waals surface area (Å²) < 4.78 is 2.67. The Hall–Kier alpha value is -1.63. The number of imide groups is 1. The second-order valence-electron chi connectivity index (χ2n) is 5.18. The molecule has 112 valence electrons. The van der Waals surface area contributed by atoms with Gasteiger partial charge in [-0.15, -0.1) is 0 Å². The molecule has 0 aliphatic carbocycles. The molecule has 0 bridgehead atoms. The predicted molar refractivity (Wildman–Crippen MR) is 87.7 cm³/mol. The van der Waals surface area contributed by atoms with Crippen LogP contribution in [0, 0.1) is 0 Å². The number of fused-ring (bicyclic) bond motifs is 1. The number of benzene rings is 2. The van der Waals surface area contributed by atoms with E-state index in [1.807, 2.05) is 6.07 Å². The van der Waals surface area contributed by atoms with Crippen LogP contribution in [0.4, 0.5) is 0 Å². The van der Waals surface area contributed by atoms with Crippen LogP contribution in [-0.4, -0.2) is 44.2 Å². The summed E-state index contributed by atoms with van der Waals surface area (Å²) in [7, 11) is 0. The molecule has 1 aliphatic rings. The second kappa shape index (κ2) is 7.09. The van der Waals surface area contributed by atoms with Crippen molar-refractivity contribution in [2.45, 2.75) is 17.3 Å². The number of unbranched alkanes of at least 4 members (excludes halogenated alkanes) is 1. The Kier molecular flexibility index (Phi) is 4.92. The molecule has 0 unspecified atom stereocenters. The molecule has 0 spiro atoms. The first-order valence-corrected chi connectivity index (χ1v) is 10.2. The summed E-state index contributed by atoms with van der Waals surface area (Å²) in [6.07, 6.45) is 1.97. The maximum absolute atomic E-state index is 12.2. The average Bonchev–Trinajstić information content (AvgIpc) is 2.81. The maximum atomic E-state index is 12.2. The zero-order valence-corrected chi connectivity index (χ0v) is 14.5. The number of hydrogen-bond donors (Lipinski definition) is 0. The third kappa shape index (κ3) is 3.24. The van der Waals surface area contributed by atoms with Gasteiger partial charge in [0.25, 0.3) is 0 Å². The van der Waals surface area contributed by atoms with Crippen molar-refractivity contribution in [3.8, 4) is 0 Å². The summed E-state index contributed by atoms with van der Waals surface area (Å²) in [6.45, 7) is 0.536. The van der Waals surface area contributed by atoms with Crippen LogP contribution in [0.15, 0.2) is 54.6 Å². The van der Waals surface area contributed by atoms with Gasteiger partial charge in [-0.2, -0.15) is 0 Å². The summed E-state index contributed by atoms with van der Waals surface area (Å²) in [5, 5.41) is 0. The molecule has 0 saturated carbocycles. The molecular weight excluding hydrogens is 390 g/mol. The van der Waals surface area contributed by atoms with Crippen LogP contribution in [0.1, 0.15) is 33.6 Å². The molecule has 0 saturated heterocycles. The molecule has 3 rings (SSSR count). The van der Waals surface area contributed by atoms with E-state index in [0.717, 1.165) is 12.8 Å². The van der Waals surface area contributed by atoms with E-state index in [0.29, 0.717) is 17.7 Å². The molecule has 2 aromatic carbocycles. The molecule has 1 aliphatic heterocycles. The Morgan fingerprint density at radius 2 is 1.36 bits per heavy atom. The van der Waals surface area contributed by atoms with Crippen molar-refractivity contribution in [3.63, 3.8) is 0 Å². The molecular formula is C18H17NO2Te. The fourth-order valence-corrected chi connectivity index (χ4v) is 5.19. The number of hydrogen-bond acceptors (Lipinski definition) is 2. The third-order valence-electron chi connectivity index (χ3n) is 3.67. The summed E-state index contributed by atoms with van der Waals surface area (Å²) >= 11 is -0.139. The summed E-state index contributed by atoms with van der Waals surface area (Å²) in [5.74, 6) is -0.278. The van der Waals surface area contributed by atoms with Gasteiger partial charge in [0.2, 0.25) is 0 Å². The Balaban J connectivity index is 1.47. The van der Waals surface area contributed by atoms with Crippen molar-refractivity contribution in [2.75, 3.05) is 6.54 Å². The van der Waals surface area contributed by atoms with E-state index in [2.05, 4.69) is 24.3 Å². The number of rotatable bonds is 6. The molecule has 3 nitrogen and oxygen atoms in total. The van der Waals surface area contributed by atoms with Gasteiger partial charge in [-0.1, -0.05) is 0 Å². The van der Waals surface area contributed by atoms with Crippen LogP contribution >= 0.6 is 0 Å². The molecule has 22 heavy (non-hydrogen) atoms. The zero-order chi connectivity index (χ0) is 15.4. The van der Waals surface area contributed by atoms with Gasteiger partial charge in [-0.3, -0.25) is 0 Å². The Morgan fingerprint density at radius 3 is 2.00 bits per heavy atom. The van der Waals surface area contributed by atoms with E-state index in [9.17, 15) is 9.59 Å². The van der Waals surface area contributed by atoms with Crippen molar-refractivity contribution in [1.29, 1.82) is 0 Å². The predicted octanol–water partition coefficient (Wildman–Crippen LogP) is 2.51. The molecule has 2 amide bonds. The first kappa shape index (κ1) is 15.3. The van der Waals surface area contributed by atoms with Gasteiger partial charge in [0.1, 0.15) is 0 Å². The SMILES string of the molecule is O=C1c2ccccc2C(=O)N1CCCC[Te]c1ccccc1. The van der Waals surface area contributed by atoms with Gasteiger partial charge >= 0.3 is 140 Å². The Labute approximate surface area is 140 Å². The Morgan fingerprint density at radius 1 is 0.773 bits per heavy atom. The van der Waals surface area contributed by atoms with Crippen molar-refractivity contribution < 1.29 is 9.59 Å². The molecule has 0 radical (unpaired) electrons. The molecule has 0 fully saturated rings. The van der Waals surface area contributed by atoms with Gasteiger partial charge in [-0.05, 0) is 0 Å². The average molecular weight is 407 g/mol. The van der Waals surface area contributed by atoms with Gasteiger partial charge in [0, 0.05) is 0 Å². The number of nitrogens with zero attached hydrogens (tertiary/aromatic N) is 1. The first-order chi connectivity index (χ1) is 10.8. The molecule has 0 aromatic heterocycles. The topological polar surface area (TPSA) is 37.4 Å². The molecule has 0 atom stereocenters. The Bertz CT molecular complexity index is 649. The van der Waals surface area contributed by atoms with Crippen LogP contribution in [-0.2, 0) is 0 Å². The van der Waals surface area contributed by atoms with Crippen molar-refractivity contribution >= 4 is 36.3 Å². The van der Waals surface area contributed by atoms with E-state index in [4.69, 9.17) is 0 Å². The van der Waals surface area contributed by atoms with Crippen LogP contribution in [0.2, 0.25) is 4.47 Å². The van der Waals surface area contributed by atoms with E-state index in [1.165, 1.54) is 13.0 Å². The number of carbonyl (C=O) groups excluding carboxylic acids is 2.